The lowest BCUT2D eigenvalue weighted by molar-refractivity contribution is 0.0779. The Morgan fingerprint density at radius 1 is 1.26 bits per heavy atom. The molecule has 0 aliphatic carbocycles. The molecule has 0 aliphatic heterocycles. The minimum atomic E-state index is -0.733. The number of nitrogens with zero attached hydrogens (tertiary/aromatic N) is 2. The van der Waals surface area contributed by atoms with Crippen molar-refractivity contribution in [3.05, 3.63) is 65.2 Å². The van der Waals surface area contributed by atoms with Gasteiger partial charge in [-0.3, -0.25) is 4.79 Å². The fraction of sp³-hybridized carbons (Fsp3) is 0.200. The second-order valence-electron chi connectivity index (χ2n) is 4.49. The Labute approximate surface area is 111 Å². The molecule has 1 aromatic carbocycles. The number of benzene rings is 1. The summed E-state index contributed by atoms with van der Waals surface area (Å²) in [5.41, 5.74) is 2.17. The number of aryl methyl sites for hydroxylation is 1. The first-order valence-electron chi connectivity index (χ1n) is 5.99. The predicted octanol–water partition coefficient (Wildman–Crippen LogP) is 2.80. The van der Waals surface area contributed by atoms with E-state index in [0.29, 0.717) is 6.54 Å². The lowest BCUT2D eigenvalue weighted by atomic mass is 10.1. The van der Waals surface area contributed by atoms with Gasteiger partial charge in [0.15, 0.2) is 0 Å². The van der Waals surface area contributed by atoms with E-state index in [2.05, 4.69) is 4.98 Å². The standard InChI is InChI=1S/C15H15FN2O/c1-11-5-7-12(8-6-11)10-18(2)15(19)13-4-3-9-17-14(13)16/h3-9H,10H2,1-2H3. The molecule has 2 aromatic rings. The molecule has 2 rings (SSSR count). The minimum absolute atomic E-state index is 0.00267. The molecule has 19 heavy (non-hydrogen) atoms. The van der Waals surface area contributed by atoms with Crippen molar-refractivity contribution in [2.24, 2.45) is 0 Å². The second kappa shape index (κ2) is 5.61. The van der Waals surface area contributed by atoms with Crippen molar-refractivity contribution in [2.75, 3.05) is 7.05 Å². The minimum Gasteiger partial charge on any atom is -0.337 e. The first-order chi connectivity index (χ1) is 9.08. The van der Waals surface area contributed by atoms with Crippen molar-refractivity contribution < 1.29 is 9.18 Å². The molecule has 0 fully saturated rings. The van der Waals surface area contributed by atoms with E-state index in [9.17, 15) is 9.18 Å². The Hall–Kier alpha value is -2.23. The van der Waals surface area contributed by atoms with Gasteiger partial charge in [0.25, 0.3) is 5.91 Å². The zero-order valence-corrected chi connectivity index (χ0v) is 10.9. The molecular formula is C15H15FN2O. The highest BCUT2D eigenvalue weighted by atomic mass is 19.1. The van der Waals surface area contributed by atoms with Crippen molar-refractivity contribution >= 4 is 5.91 Å². The van der Waals surface area contributed by atoms with Gasteiger partial charge in [0, 0.05) is 19.8 Å². The van der Waals surface area contributed by atoms with Crippen LogP contribution in [0.25, 0.3) is 0 Å². The van der Waals surface area contributed by atoms with E-state index in [4.69, 9.17) is 0 Å². The van der Waals surface area contributed by atoms with Crippen LogP contribution in [0, 0.1) is 12.9 Å². The third kappa shape index (κ3) is 3.16. The number of hydrogen-bond acceptors (Lipinski definition) is 2. The Morgan fingerprint density at radius 2 is 1.95 bits per heavy atom. The molecule has 0 bridgehead atoms. The number of carbonyl (C=O) groups is 1. The maximum absolute atomic E-state index is 13.4. The average Bonchev–Trinajstić information content (AvgIpc) is 2.41. The van der Waals surface area contributed by atoms with Crippen LogP contribution >= 0.6 is 0 Å². The Morgan fingerprint density at radius 3 is 2.58 bits per heavy atom. The number of carbonyl (C=O) groups excluding carboxylic acids is 1. The second-order valence-corrected chi connectivity index (χ2v) is 4.49. The number of amides is 1. The molecule has 1 heterocycles. The van der Waals surface area contributed by atoms with E-state index in [-0.39, 0.29) is 11.5 Å². The van der Waals surface area contributed by atoms with Gasteiger partial charge in [-0.05, 0) is 24.6 Å². The summed E-state index contributed by atoms with van der Waals surface area (Å²) in [5, 5.41) is 0. The molecule has 1 aromatic heterocycles. The van der Waals surface area contributed by atoms with Crippen LogP contribution in [0.15, 0.2) is 42.6 Å². The summed E-state index contributed by atoms with van der Waals surface area (Å²) >= 11 is 0. The molecule has 98 valence electrons. The van der Waals surface area contributed by atoms with Crippen molar-refractivity contribution in [2.45, 2.75) is 13.5 Å². The van der Waals surface area contributed by atoms with E-state index in [1.54, 1.807) is 13.1 Å². The van der Waals surface area contributed by atoms with Gasteiger partial charge in [0.2, 0.25) is 5.95 Å². The van der Waals surface area contributed by atoms with E-state index in [0.717, 1.165) is 11.1 Å². The van der Waals surface area contributed by atoms with Crippen LogP contribution in [-0.4, -0.2) is 22.8 Å². The fourth-order valence-electron chi connectivity index (χ4n) is 1.79. The van der Waals surface area contributed by atoms with Crippen LogP contribution < -0.4 is 0 Å². The lowest BCUT2D eigenvalue weighted by Crippen LogP contribution is -2.27. The monoisotopic (exact) mass is 258 g/mol. The van der Waals surface area contributed by atoms with E-state index < -0.39 is 5.95 Å². The van der Waals surface area contributed by atoms with E-state index in [1.807, 2.05) is 31.2 Å². The molecule has 0 N–H and O–H groups in total. The quantitative estimate of drug-likeness (QED) is 0.793. The summed E-state index contributed by atoms with van der Waals surface area (Å²) in [4.78, 5) is 17.0. The lowest BCUT2D eigenvalue weighted by Gasteiger charge is -2.17. The van der Waals surface area contributed by atoms with Crippen LogP contribution in [0.3, 0.4) is 0 Å². The van der Waals surface area contributed by atoms with E-state index in [1.165, 1.54) is 17.2 Å². The highest BCUT2D eigenvalue weighted by Crippen LogP contribution is 2.11. The van der Waals surface area contributed by atoms with Gasteiger partial charge in [-0.2, -0.15) is 4.39 Å². The van der Waals surface area contributed by atoms with Crippen LogP contribution in [0.2, 0.25) is 0 Å². The van der Waals surface area contributed by atoms with Gasteiger partial charge < -0.3 is 4.90 Å². The van der Waals surface area contributed by atoms with Crippen LogP contribution in [-0.2, 0) is 6.54 Å². The maximum atomic E-state index is 13.4. The number of aromatic nitrogens is 1. The average molecular weight is 258 g/mol. The van der Waals surface area contributed by atoms with E-state index >= 15 is 0 Å². The highest BCUT2D eigenvalue weighted by Gasteiger charge is 2.16. The number of rotatable bonds is 3. The number of hydrogen-bond donors (Lipinski definition) is 0. The molecule has 0 atom stereocenters. The zero-order valence-electron chi connectivity index (χ0n) is 10.9. The topological polar surface area (TPSA) is 33.2 Å². The van der Waals surface area contributed by atoms with Gasteiger partial charge in [-0.25, -0.2) is 4.98 Å². The number of pyridine rings is 1. The van der Waals surface area contributed by atoms with Gasteiger partial charge in [0.1, 0.15) is 0 Å². The summed E-state index contributed by atoms with van der Waals surface area (Å²) in [6.45, 7) is 2.44. The molecule has 0 unspecified atom stereocenters. The van der Waals surface area contributed by atoms with Crippen molar-refractivity contribution in [1.82, 2.24) is 9.88 Å². The smallest absolute Gasteiger partial charge is 0.258 e. The highest BCUT2D eigenvalue weighted by molar-refractivity contribution is 5.93. The summed E-state index contributed by atoms with van der Waals surface area (Å²) in [7, 11) is 1.65. The normalized spacial score (nSPS) is 10.3. The summed E-state index contributed by atoms with van der Waals surface area (Å²) in [6.07, 6.45) is 1.33. The molecule has 0 saturated heterocycles. The van der Waals surface area contributed by atoms with Gasteiger partial charge in [-0.15, -0.1) is 0 Å². The van der Waals surface area contributed by atoms with Crippen LogP contribution in [0.1, 0.15) is 21.5 Å². The first-order valence-corrected chi connectivity index (χ1v) is 5.99. The third-order valence-electron chi connectivity index (χ3n) is 2.88. The predicted molar refractivity (Wildman–Crippen MR) is 71.2 cm³/mol. The maximum Gasteiger partial charge on any atom is 0.258 e. The SMILES string of the molecule is Cc1ccc(CN(C)C(=O)c2cccnc2F)cc1. The molecule has 3 nitrogen and oxygen atoms in total. The molecule has 1 amide bonds. The Balaban J connectivity index is 2.12. The van der Waals surface area contributed by atoms with Crippen molar-refractivity contribution in [1.29, 1.82) is 0 Å². The van der Waals surface area contributed by atoms with Gasteiger partial charge >= 0.3 is 0 Å². The van der Waals surface area contributed by atoms with Crippen molar-refractivity contribution in [3.63, 3.8) is 0 Å². The molecule has 0 spiro atoms. The van der Waals surface area contributed by atoms with Gasteiger partial charge in [-0.1, -0.05) is 29.8 Å². The van der Waals surface area contributed by atoms with Gasteiger partial charge in [0.05, 0.1) is 5.56 Å². The fourth-order valence-corrected chi connectivity index (χ4v) is 1.79. The molecular weight excluding hydrogens is 243 g/mol. The Bertz CT molecular complexity index is 581. The number of halogens is 1. The zero-order chi connectivity index (χ0) is 13.8. The summed E-state index contributed by atoms with van der Waals surface area (Å²) in [6, 6.07) is 10.9. The largest absolute Gasteiger partial charge is 0.337 e. The van der Waals surface area contributed by atoms with Crippen LogP contribution in [0.5, 0.6) is 0 Å². The summed E-state index contributed by atoms with van der Waals surface area (Å²) in [5.74, 6) is -1.10. The third-order valence-corrected chi connectivity index (χ3v) is 2.88. The molecule has 4 heteroatoms. The first kappa shape index (κ1) is 13.2. The van der Waals surface area contributed by atoms with Crippen LogP contribution in [0.4, 0.5) is 4.39 Å². The molecule has 0 saturated carbocycles. The Kier molecular flexibility index (Phi) is 3.90. The molecule has 0 radical (unpaired) electrons. The molecule has 0 aliphatic rings. The summed E-state index contributed by atoms with van der Waals surface area (Å²) < 4.78 is 13.4. The van der Waals surface area contributed by atoms with Crippen molar-refractivity contribution in [3.8, 4) is 0 Å².